The molecule has 0 radical (unpaired) electrons. The molecule has 0 saturated heterocycles. The Hall–Kier alpha value is -2.52. The molecule has 0 spiro atoms. The number of nitrogens with zero attached hydrogens (tertiary/aromatic N) is 2. The van der Waals surface area contributed by atoms with Crippen molar-refractivity contribution in [3.05, 3.63) is 39.9 Å². The van der Waals surface area contributed by atoms with Crippen LogP contribution in [0.1, 0.15) is 30.6 Å². The van der Waals surface area contributed by atoms with Gasteiger partial charge in [0.05, 0.1) is 23.5 Å². The van der Waals surface area contributed by atoms with Gasteiger partial charge in [0.25, 0.3) is 11.6 Å². The second-order valence-corrected chi connectivity index (χ2v) is 5.83. The van der Waals surface area contributed by atoms with Crippen LogP contribution in [0.5, 0.6) is 0 Å². The van der Waals surface area contributed by atoms with Crippen LogP contribution in [0.2, 0.25) is 0 Å². The van der Waals surface area contributed by atoms with Gasteiger partial charge in [0.1, 0.15) is 6.79 Å². The third kappa shape index (κ3) is 6.41. The first-order chi connectivity index (χ1) is 12.3. The molecule has 2 unspecified atom stereocenters. The van der Waals surface area contributed by atoms with E-state index in [9.17, 15) is 19.7 Å². The van der Waals surface area contributed by atoms with Gasteiger partial charge in [-0.05, 0) is 25.5 Å². The summed E-state index contributed by atoms with van der Waals surface area (Å²) >= 11 is 0. The number of amides is 1. The Balaban J connectivity index is 2.86. The average molecular weight is 368 g/mol. The molecule has 0 aliphatic carbocycles. The molecule has 0 bridgehead atoms. The van der Waals surface area contributed by atoms with Crippen LogP contribution in [0, 0.1) is 16.0 Å². The second-order valence-electron chi connectivity index (χ2n) is 5.83. The number of ether oxygens (including phenoxy) is 2. The van der Waals surface area contributed by atoms with E-state index in [4.69, 9.17) is 14.6 Å². The molecule has 1 N–H and O–H groups in total. The maximum atomic E-state index is 12.6. The molecule has 0 saturated carbocycles. The molecule has 9 nitrogen and oxygen atoms in total. The first kappa shape index (κ1) is 21.5. The van der Waals surface area contributed by atoms with Crippen LogP contribution in [-0.2, 0) is 14.3 Å². The summed E-state index contributed by atoms with van der Waals surface area (Å²) in [6.07, 6.45) is 0.205. The van der Waals surface area contributed by atoms with Gasteiger partial charge in [-0.2, -0.15) is 0 Å². The molecule has 1 rings (SSSR count). The monoisotopic (exact) mass is 368 g/mol. The molecule has 0 aliphatic rings. The molecule has 2 atom stereocenters. The second kappa shape index (κ2) is 10.5. The molecule has 9 heteroatoms. The van der Waals surface area contributed by atoms with Gasteiger partial charge in [-0.1, -0.05) is 6.92 Å². The number of non-ortho nitro benzene ring substituents is 1. The van der Waals surface area contributed by atoms with Crippen LogP contribution < -0.4 is 0 Å². The number of carbonyl (C=O) groups is 2. The fourth-order valence-electron chi connectivity index (χ4n) is 2.27. The number of carboxylic acid groups (broad SMARTS) is 1. The normalized spacial score (nSPS) is 13.0. The molecule has 0 heterocycles. The number of hydrogen-bond acceptors (Lipinski definition) is 6. The minimum absolute atomic E-state index is 0.0496. The molecule has 1 amide bonds. The van der Waals surface area contributed by atoms with E-state index in [-0.39, 0.29) is 37.0 Å². The summed E-state index contributed by atoms with van der Waals surface area (Å²) in [5.41, 5.74) is 0.163. The fourth-order valence-corrected chi connectivity index (χ4v) is 2.27. The van der Waals surface area contributed by atoms with Gasteiger partial charge in [-0.15, -0.1) is 0 Å². The lowest BCUT2D eigenvalue weighted by Gasteiger charge is -2.29. The highest BCUT2D eigenvalue weighted by Gasteiger charge is 2.26. The Morgan fingerprint density at radius 2 is 1.88 bits per heavy atom. The molecule has 26 heavy (non-hydrogen) atoms. The van der Waals surface area contributed by atoms with E-state index >= 15 is 0 Å². The summed E-state index contributed by atoms with van der Waals surface area (Å²) in [5, 5.41) is 19.8. The first-order valence-electron chi connectivity index (χ1n) is 8.17. The van der Waals surface area contributed by atoms with E-state index in [1.54, 1.807) is 14.0 Å². The van der Waals surface area contributed by atoms with Gasteiger partial charge >= 0.3 is 5.97 Å². The topological polar surface area (TPSA) is 119 Å². The number of nitro groups is 1. The van der Waals surface area contributed by atoms with E-state index < -0.39 is 22.9 Å². The average Bonchev–Trinajstić information content (AvgIpc) is 2.62. The predicted molar refractivity (Wildman–Crippen MR) is 92.8 cm³/mol. The third-order valence-electron chi connectivity index (χ3n) is 3.92. The number of hydrogen-bond donors (Lipinski definition) is 1. The van der Waals surface area contributed by atoms with E-state index in [0.717, 1.165) is 0 Å². The van der Waals surface area contributed by atoms with Crippen LogP contribution >= 0.6 is 0 Å². The lowest BCUT2D eigenvalue weighted by Crippen LogP contribution is -2.42. The van der Waals surface area contributed by atoms with E-state index in [1.165, 1.54) is 29.2 Å². The maximum absolute atomic E-state index is 12.6. The zero-order valence-electron chi connectivity index (χ0n) is 15.1. The number of carboxylic acids is 1. The van der Waals surface area contributed by atoms with Crippen LogP contribution in [0.4, 0.5) is 5.69 Å². The van der Waals surface area contributed by atoms with Crippen LogP contribution in [0.15, 0.2) is 24.3 Å². The summed E-state index contributed by atoms with van der Waals surface area (Å²) in [5.74, 6) is -2.00. The van der Waals surface area contributed by atoms with Crippen molar-refractivity contribution in [2.24, 2.45) is 5.92 Å². The molecule has 1 aromatic rings. The Kier molecular flexibility index (Phi) is 8.66. The molecular formula is C17H24N2O7. The van der Waals surface area contributed by atoms with Gasteiger partial charge in [-0.25, -0.2) is 0 Å². The molecular weight excluding hydrogens is 344 g/mol. The van der Waals surface area contributed by atoms with E-state index in [1.807, 2.05) is 6.92 Å². The fraction of sp³-hybridized carbons (Fsp3) is 0.529. The van der Waals surface area contributed by atoms with Crippen LogP contribution in [-0.4, -0.2) is 59.9 Å². The number of carbonyl (C=O) groups excluding carboxylic acids is 1. The van der Waals surface area contributed by atoms with Crippen molar-refractivity contribution in [2.45, 2.75) is 26.3 Å². The first-order valence-corrected chi connectivity index (χ1v) is 8.17. The van der Waals surface area contributed by atoms with Crippen molar-refractivity contribution in [3.8, 4) is 0 Å². The van der Waals surface area contributed by atoms with Crippen molar-refractivity contribution < 1.29 is 29.1 Å². The number of rotatable bonds is 11. The standard InChI is InChI=1S/C17H24N2O7/c1-4-25-11-26-10-15(9-12(2)17(21)22)18(3)16(20)13-5-7-14(8-6-13)19(23)24/h5-8,12,15H,4,9-11H2,1-3H3,(H,21,22). The zero-order valence-corrected chi connectivity index (χ0v) is 15.1. The predicted octanol–water partition coefficient (Wildman–Crippen LogP) is 2.16. The Morgan fingerprint density at radius 1 is 1.27 bits per heavy atom. The number of nitro benzene ring substituents is 1. The minimum Gasteiger partial charge on any atom is -0.481 e. The molecule has 0 aliphatic heterocycles. The van der Waals surface area contributed by atoms with Crippen molar-refractivity contribution in [2.75, 3.05) is 27.1 Å². The summed E-state index contributed by atoms with van der Waals surface area (Å²) < 4.78 is 10.5. The van der Waals surface area contributed by atoms with Gasteiger partial charge in [0, 0.05) is 31.4 Å². The van der Waals surface area contributed by atoms with E-state index in [2.05, 4.69) is 0 Å². The Morgan fingerprint density at radius 3 is 2.38 bits per heavy atom. The summed E-state index contributed by atoms with van der Waals surface area (Å²) in [6, 6.07) is 4.76. The van der Waals surface area contributed by atoms with Crippen molar-refractivity contribution >= 4 is 17.6 Å². The molecule has 0 aromatic heterocycles. The van der Waals surface area contributed by atoms with Crippen molar-refractivity contribution in [1.29, 1.82) is 0 Å². The highest BCUT2D eigenvalue weighted by Crippen LogP contribution is 2.17. The largest absolute Gasteiger partial charge is 0.481 e. The van der Waals surface area contributed by atoms with Crippen LogP contribution in [0.25, 0.3) is 0 Å². The highest BCUT2D eigenvalue weighted by molar-refractivity contribution is 5.94. The summed E-state index contributed by atoms with van der Waals surface area (Å²) in [4.78, 5) is 35.3. The maximum Gasteiger partial charge on any atom is 0.306 e. The SMILES string of the molecule is CCOCOCC(CC(C)C(=O)O)N(C)C(=O)c1ccc([N+](=O)[O-])cc1. The van der Waals surface area contributed by atoms with Crippen LogP contribution in [0.3, 0.4) is 0 Å². The van der Waals surface area contributed by atoms with Crippen molar-refractivity contribution in [1.82, 2.24) is 4.90 Å². The smallest absolute Gasteiger partial charge is 0.306 e. The lowest BCUT2D eigenvalue weighted by molar-refractivity contribution is -0.384. The van der Waals surface area contributed by atoms with Gasteiger partial charge in [-0.3, -0.25) is 19.7 Å². The molecule has 144 valence electrons. The number of likely N-dealkylation sites (N-methyl/N-ethyl adjacent to an activating group) is 1. The Labute approximate surface area is 151 Å². The van der Waals surface area contributed by atoms with Gasteiger partial charge in [0.15, 0.2) is 0 Å². The van der Waals surface area contributed by atoms with Gasteiger partial charge < -0.3 is 19.5 Å². The Bertz CT molecular complexity index is 618. The van der Waals surface area contributed by atoms with Crippen molar-refractivity contribution in [3.63, 3.8) is 0 Å². The molecule has 0 fully saturated rings. The van der Waals surface area contributed by atoms with Gasteiger partial charge in [0.2, 0.25) is 0 Å². The summed E-state index contributed by atoms with van der Waals surface area (Å²) in [6.45, 7) is 4.02. The van der Waals surface area contributed by atoms with E-state index in [0.29, 0.717) is 6.61 Å². The lowest BCUT2D eigenvalue weighted by atomic mass is 10.0. The minimum atomic E-state index is -0.962. The zero-order chi connectivity index (χ0) is 19.7. The highest BCUT2D eigenvalue weighted by atomic mass is 16.7. The summed E-state index contributed by atoms with van der Waals surface area (Å²) in [7, 11) is 1.55. The third-order valence-corrected chi connectivity index (χ3v) is 3.92. The molecule has 1 aromatic carbocycles. The number of aliphatic carboxylic acids is 1. The number of benzene rings is 1. The quantitative estimate of drug-likeness (QED) is 0.275.